The molecule has 1 unspecified atom stereocenters. The number of benzene rings is 1. The van der Waals surface area contributed by atoms with Gasteiger partial charge < -0.3 is 19.7 Å². The van der Waals surface area contributed by atoms with Crippen LogP contribution in [-0.2, 0) is 4.74 Å². The normalized spacial score (nSPS) is 14.1. The van der Waals surface area contributed by atoms with Crippen molar-refractivity contribution < 1.29 is 19.7 Å². The van der Waals surface area contributed by atoms with Gasteiger partial charge in [-0.1, -0.05) is 25.5 Å². The van der Waals surface area contributed by atoms with Gasteiger partial charge in [0, 0.05) is 6.61 Å². The number of aliphatic hydroxyl groups excluding tert-OH is 2. The van der Waals surface area contributed by atoms with E-state index in [0.717, 1.165) is 18.4 Å². The molecule has 108 valence electrons. The van der Waals surface area contributed by atoms with Crippen LogP contribution in [0, 0.1) is 0 Å². The molecule has 0 saturated heterocycles. The second-order valence-corrected chi connectivity index (χ2v) is 4.64. The minimum absolute atomic E-state index is 0.190. The first kappa shape index (κ1) is 16.0. The summed E-state index contributed by atoms with van der Waals surface area (Å²) in [7, 11) is 0. The number of rotatable bonds is 9. The lowest BCUT2D eigenvalue weighted by Gasteiger charge is -2.14. The van der Waals surface area contributed by atoms with Crippen LogP contribution in [0.25, 0.3) is 0 Å². The molecule has 0 fully saturated rings. The van der Waals surface area contributed by atoms with E-state index in [9.17, 15) is 10.2 Å². The Labute approximate surface area is 115 Å². The Balaban J connectivity index is 2.29. The van der Waals surface area contributed by atoms with E-state index < -0.39 is 12.2 Å². The van der Waals surface area contributed by atoms with Crippen molar-refractivity contribution in [3.63, 3.8) is 0 Å². The highest BCUT2D eigenvalue weighted by molar-refractivity contribution is 5.29. The molecule has 4 nitrogen and oxygen atoms in total. The summed E-state index contributed by atoms with van der Waals surface area (Å²) in [6.45, 7) is 4.95. The van der Waals surface area contributed by atoms with Gasteiger partial charge in [0.15, 0.2) is 0 Å². The van der Waals surface area contributed by atoms with Gasteiger partial charge in [0.05, 0.1) is 12.7 Å². The number of unbranched alkanes of at least 4 members (excludes halogenated alkanes) is 1. The minimum atomic E-state index is -0.632. The fourth-order valence-corrected chi connectivity index (χ4v) is 1.57. The highest BCUT2D eigenvalue weighted by Gasteiger charge is 2.07. The molecule has 2 N–H and O–H groups in total. The Morgan fingerprint density at radius 1 is 1.21 bits per heavy atom. The van der Waals surface area contributed by atoms with E-state index in [1.807, 2.05) is 12.1 Å². The second kappa shape index (κ2) is 8.91. The standard InChI is InChI=1S/C15H24O4/c1-3-4-8-18-10-14(17)11-19-15-7-5-6-13(9-15)12(2)16/h5-7,9,12,14,16-17H,3-4,8,10-11H2,1-2H3/t12-,14?/m0/s1. The molecule has 2 atom stereocenters. The number of ether oxygens (including phenoxy) is 2. The first-order valence-corrected chi connectivity index (χ1v) is 6.80. The summed E-state index contributed by atoms with van der Waals surface area (Å²) >= 11 is 0. The molecule has 0 aliphatic carbocycles. The van der Waals surface area contributed by atoms with Gasteiger partial charge in [0.1, 0.15) is 18.5 Å². The van der Waals surface area contributed by atoms with Gasteiger partial charge in [0.25, 0.3) is 0 Å². The molecule has 0 bridgehead atoms. The van der Waals surface area contributed by atoms with Crippen LogP contribution in [0.1, 0.15) is 38.4 Å². The Morgan fingerprint density at radius 3 is 2.68 bits per heavy atom. The van der Waals surface area contributed by atoms with Crippen LogP contribution in [-0.4, -0.2) is 36.1 Å². The SMILES string of the molecule is CCCCOCC(O)COc1cccc([C@H](C)O)c1. The second-order valence-electron chi connectivity index (χ2n) is 4.64. The lowest BCUT2D eigenvalue weighted by Crippen LogP contribution is -2.23. The molecule has 0 spiro atoms. The summed E-state index contributed by atoms with van der Waals surface area (Å²) < 4.78 is 10.8. The van der Waals surface area contributed by atoms with E-state index in [0.29, 0.717) is 12.4 Å². The first-order valence-electron chi connectivity index (χ1n) is 6.80. The van der Waals surface area contributed by atoms with Crippen molar-refractivity contribution in [2.45, 2.75) is 38.9 Å². The maximum absolute atomic E-state index is 9.69. The van der Waals surface area contributed by atoms with Gasteiger partial charge in [-0.2, -0.15) is 0 Å². The highest BCUT2D eigenvalue weighted by atomic mass is 16.5. The Kier molecular flexibility index (Phi) is 7.48. The molecule has 0 saturated carbocycles. The van der Waals surface area contributed by atoms with E-state index in [1.54, 1.807) is 19.1 Å². The molecule has 0 radical (unpaired) electrons. The lowest BCUT2D eigenvalue weighted by atomic mass is 10.1. The Hall–Kier alpha value is -1.10. The molecule has 1 rings (SSSR count). The predicted molar refractivity (Wildman–Crippen MR) is 74.3 cm³/mol. The number of hydrogen-bond donors (Lipinski definition) is 2. The quantitative estimate of drug-likeness (QED) is 0.675. The van der Waals surface area contributed by atoms with E-state index in [1.165, 1.54) is 0 Å². The molecule has 4 heteroatoms. The van der Waals surface area contributed by atoms with Gasteiger partial charge in [-0.05, 0) is 31.0 Å². The summed E-state index contributed by atoms with van der Waals surface area (Å²) in [6, 6.07) is 7.23. The van der Waals surface area contributed by atoms with Crippen molar-refractivity contribution in [2.75, 3.05) is 19.8 Å². The van der Waals surface area contributed by atoms with Crippen molar-refractivity contribution in [3.05, 3.63) is 29.8 Å². The third-order valence-electron chi connectivity index (χ3n) is 2.74. The average Bonchev–Trinajstić information content (AvgIpc) is 2.41. The summed E-state index contributed by atoms with van der Waals surface area (Å²) in [5.41, 5.74) is 0.797. The van der Waals surface area contributed by atoms with Crippen LogP contribution in [0.4, 0.5) is 0 Å². The zero-order chi connectivity index (χ0) is 14.1. The van der Waals surface area contributed by atoms with Gasteiger partial charge >= 0.3 is 0 Å². The van der Waals surface area contributed by atoms with Crippen molar-refractivity contribution in [1.29, 1.82) is 0 Å². The largest absolute Gasteiger partial charge is 0.491 e. The number of aliphatic hydroxyl groups is 2. The van der Waals surface area contributed by atoms with Crippen LogP contribution in [0.2, 0.25) is 0 Å². The van der Waals surface area contributed by atoms with Crippen LogP contribution in [0.3, 0.4) is 0 Å². The van der Waals surface area contributed by atoms with Crippen LogP contribution in [0.5, 0.6) is 5.75 Å². The summed E-state index contributed by atoms with van der Waals surface area (Å²) in [4.78, 5) is 0. The van der Waals surface area contributed by atoms with E-state index in [4.69, 9.17) is 9.47 Å². The van der Waals surface area contributed by atoms with Crippen LogP contribution < -0.4 is 4.74 Å². The predicted octanol–water partition coefficient (Wildman–Crippen LogP) is 2.30. The van der Waals surface area contributed by atoms with E-state index in [2.05, 4.69) is 6.92 Å². The molecule has 19 heavy (non-hydrogen) atoms. The molecule has 0 heterocycles. The monoisotopic (exact) mass is 268 g/mol. The lowest BCUT2D eigenvalue weighted by molar-refractivity contribution is 0.0113. The highest BCUT2D eigenvalue weighted by Crippen LogP contribution is 2.18. The Morgan fingerprint density at radius 2 is 2.00 bits per heavy atom. The Bertz CT molecular complexity index is 352. The van der Waals surface area contributed by atoms with Gasteiger partial charge in [0.2, 0.25) is 0 Å². The average molecular weight is 268 g/mol. The molecule has 0 amide bonds. The summed E-state index contributed by atoms with van der Waals surface area (Å²) in [5.74, 6) is 0.644. The fraction of sp³-hybridized carbons (Fsp3) is 0.600. The van der Waals surface area contributed by atoms with Gasteiger partial charge in [-0.25, -0.2) is 0 Å². The molecular formula is C15H24O4. The molecule has 0 aliphatic heterocycles. The molecule has 1 aromatic carbocycles. The summed E-state index contributed by atoms with van der Waals surface area (Å²) in [6.07, 6.45) is 0.931. The third-order valence-corrected chi connectivity index (χ3v) is 2.74. The van der Waals surface area contributed by atoms with E-state index in [-0.39, 0.29) is 13.2 Å². The third kappa shape index (κ3) is 6.57. The zero-order valence-electron chi connectivity index (χ0n) is 11.7. The van der Waals surface area contributed by atoms with E-state index >= 15 is 0 Å². The van der Waals surface area contributed by atoms with Crippen molar-refractivity contribution in [3.8, 4) is 5.75 Å². The van der Waals surface area contributed by atoms with Gasteiger partial charge in [-0.15, -0.1) is 0 Å². The number of hydrogen-bond acceptors (Lipinski definition) is 4. The topological polar surface area (TPSA) is 58.9 Å². The van der Waals surface area contributed by atoms with Crippen molar-refractivity contribution >= 4 is 0 Å². The molecule has 0 aliphatic rings. The molecule has 0 aromatic heterocycles. The van der Waals surface area contributed by atoms with Crippen molar-refractivity contribution in [2.24, 2.45) is 0 Å². The maximum Gasteiger partial charge on any atom is 0.119 e. The molecular weight excluding hydrogens is 244 g/mol. The minimum Gasteiger partial charge on any atom is -0.491 e. The van der Waals surface area contributed by atoms with Gasteiger partial charge in [-0.3, -0.25) is 0 Å². The summed E-state index contributed by atoms with van der Waals surface area (Å²) in [5, 5.41) is 19.2. The smallest absolute Gasteiger partial charge is 0.119 e. The maximum atomic E-state index is 9.69. The zero-order valence-corrected chi connectivity index (χ0v) is 11.7. The first-order chi connectivity index (χ1) is 9.13. The van der Waals surface area contributed by atoms with Crippen LogP contribution >= 0.6 is 0 Å². The molecule has 1 aromatic rings. The fourth-order valence-electron chi connectivity index (χ4n) is 1.57. The van der Waals surface area contributed by atoms with Crippen LogP contribution in [0.15, 0.2) is 24.3 Å². The van der Waals surface area contributed by atoms with Crippen molar-refractivity contribution in [1.82, 2.24) is 0 Å².